The molecular weight excluding hydrogens is 284 g/mol. The van der Waals surface area contributed by atoms with E-state index in [4.69, 9.17) is 4.74 Å². The van der Waals surface area contributed by atoms with Gasteiger partial charge in [0.15, 0.2) is 0 Å². The van der Waals surface area contributed by atoms with E-state index in [0.29, 0.717) is 12.0 Å². The molecule has 0 unspecified atom stereocenters. The van der Waals surface area contributed by atoms with Crippen molar-refractivity contribution in [2.45, 2.75) is 30.7 Å². The van der Waals surface area contributed by atoms with Crippen LogP contribution in [0, 0.1) is 16.7 Å². The van der Waals surface area contributed by atoms with E-state index in [2.05, 4.69) is 11.4 Å². The van der Waals surface area contributed by atoms with Crippen LogP contribution in [0.4, 0.5) is 0 Å². The van der Waals surface area contributed by atoms with Gasteiger partial charge in [0.1, 0.15) is 6.07 Å². The normalized spacial score (nSPS) is 15.3. The predicted octanol–water partition coefficient (Wildman–Crippen LogP) is 2.71. The molecule has 0 radical (unpaired) electrons. The van der Waals surface area contributed by atoms with Gasteiger partial charge in [0, 0.05) is 17.2 Å². The number of hydrogen-bond acceptors (Lipinski definition) is 5. The van der Waals surface area contributed by atoms with Crippen molar-refractivity contribution < 1.29 is 9.53 Å². The summed E-state index contributed by atoms with van der Waals surface area (Å²) in [5.74, 6) is 0.722. The number of carbonyl (C=O) groups excluding carboxylic acids is 1. The number of methoxy groups -OCH3 is 1. The van der Waals surface area contributed by atoms with Gasteiger partial charge in [0.25, 0.3) is 0 Å². The zero-order valence-electron chi connectivity index (χ0n) is 12.4. The number of rotatable bonds is 7. The van der Waals surface area contributed by atoms with Crippen molar-refractivity contribution in [2.24, 2.45) is 5.41 Å². The first-order chi connectivity index (χ1) is 10.1. The van der Waals surface area contributed by atoms with Crippen molar-refractivity contribution in [3.05, 3.63) is 29.3 Å². The maximum Gasteiger partial charge on any atom is 0.306 e. The Morgan fingerprint density at radius 1 is 1.52 bits per heavy atom. The van der Waals surface area contributed by atoms with E-state index in [1.54, 1.807) is 11.8 Å². The second-order valence-electron chi connectivity index (χ2n) is 5.51. The number of nitrogens with one attached hydrogen (secondary N) is 1. The lowest BCUT2D eigenvalue weighted by Crippen LogP contribution is -2.13. The Balaban J connectivity index is 2.00. The molecule has 0 atom stereocenters. The number of carbonyl (C=O) groups is 1. The van der Waals surface area contributed by atoms with E-state index in [0.717, 1.165) is 35.6 Å². The van der Waals surface area contributed by atoms with E-state index in [1.807, 2.05) is 25.2 Å². The first-order valence-electron chi connectivity index (χ1n) is 7.00. The Labute approximate surface area is 129 Å². The van der Waals surface area contributed by atoms with Crippen LogP contribution in [0.25, 0.3) is 0 Å². The van der Waals surface area contributed by atoms with Crippen molar-refractivity contribution in [1.82, 2.24) is 5.32 Å². The van der Waals surface area contributed by atoms with Gasteiger partial charge in [-0.2, -0.15) is 5.26 Å². The molecule has 0 spiro atoms. The Bertz CT molecular complexity index is 562. The molecular formula is C16H20N2O2S. The van der Waals surface area contributed by atoms with Crippen LogP contribution in [0.2, 0.25) is 0 Å². The first-order valence-corrected chi connectivity index (χ1v) is 7.98. The number of nitriles is 1. The van der Waals surface area contributed by atoms with Crippen LogP contribution in [0.3, 0.4) is 0 Å². The highest BCUT2D eigenvalue weighted by Crippen LogP contribution is 2.52. The standard InChI is InChI=1S/C16H20N2O2S/c1-18-10-12-3-4-14(13(7-12)9-17)21-11-16(5-6-16)8-15(19)20-2/h3-4,7,18H,5-6,8,10-11H2,1-2H3. The molecule has 0 heterocycles. The molecule has 1 fully saturated rings. The molecule has 1 saturated carbocycles. The Kier molecular flexibility index (Phi) is 5.27. The average Bonchev–Trinajstić information content (AvgIpc) is 3.25. The highest BCUT2D eigenvalue weighted by Gasteiger charge is 2.44. The summed E-state index contributed by atoms with van der Waals surface area (Å²) < 4.78 is 4.76. The van der Waals surface area contributed by atoms with Gasteiger partial charge in [-0.25, -0.2) is 0 Å². The minimum atomic E-state index is -0.141. The molecule has 0 aromatic heterocycles. The highest BCUT2D eigenvalue weighted by atomic mass is 32.2. The van der Waals surface area contributed by atoms with Crippen molar-refractivity contribution in [1.29, 1.82) is 5.26 Å². The minimum Gasteiger partial charge on any atom is -0.469 e. The molecule has 0 saturated heterocycles. The van der Waals surface area contributed by atoms with Crippen molar-refractivity contribution >= 4 is 17.7 Å². The number of hydrogen-bond donors (Lipinski definition) is 1. The number of benzene rings is 1. The summed E-state index contributed by atoms with van der Waals surface area (Å²) in [6, 6.07) is 8.24. The van der Waals surface area contributed by atoms with Crippen LogP contribution in [-0.4, -0.2) is 25.9 Å². The summed E-state index contributed by atoms with van der Waals surface area (Å²) in [5, 5.41) is 12.4. The molecule has 112 valence electrons. The monoisotopic (exact) mass is 304 g/mol. The lowest BCUT2D eigenvalue weighted by atomic mass is 10.1. The maximum atomic E-state index is 11.4. The van der Waals surface area contributed by atoms with Crippen molar-refractivity contribution in [2.75, 3.05) is 19.9 Å². The van der Waals surface area contributed by atoms with Gasteiger partial charge in [-0.3, -0.25) is 4.79 Å². The van der Waals surface area contributed by atoms with Crippen LogP contribution in [0.1, 0.15) is 30.4 Å². The van der Waals surface area contributed by atoms with Gasteiger partial charge in [-0.15, -0.1) is 11.8 Å². The third kappa shape index (κ3) is 4.23. The fourth-order valence-electron chi connectivity index (χ4n) is 2.26. The second-order valence-corrected chi connectivity index (χ2v) is 6.53. The van der Waals surface area contributed by atoms with Gasteiger partial charge < -0.3 is 10.1 Å². The summed E-state index contributed by atoms with van der Waals surface area (Å²) in [7, 11) is 3.32. The SMILES string of the molecule is CNCc1ccc(SCC2(CC(=O)OC)CC2)c(C#N)c1. The topological polar surface area (TPSA) is 62.1 Å². The van der Waals surface area contributed by atoms with Crippen molar-refractivity contribution in [3.63, 3.8) is 0 Å². The first kappa shape index (κ1) is 15.9. The lowest BCUT2D eigenvalue weighted by Gasteiger charge is -2.14. The molecule has 0 amide bonds. The summed E-state index contributed by atoms with van der Waals surface area (Å²) in [6.07, 6.45) is 2.61. The van der Waals surface area contributed by atoms with Crippen LogP contribution in [-0.2, 0) is 16.1 Å². The third-order valence-electron chi connectivity index (χ3n) is 3.78. The van der Waals surface area contributed by atoms with Crippen LogP contribution >= 0.6 is 11.8 Å². The highest BCUT2D eigenvalue weighted by molar-refractivity contribution is 7.99. The third-order valence-corrected chi connectivity index (χ3v) is 5.21. The summed E-state index contributed by atoms with van der Waals surface area (Å²) in [4.78, 5) is 12.4. The molecule has 4 nitrogen and oxygen atoms in total. The Hall–Kier alpha value is -1.51. The number of nitrogens with zero attached hydrogens (tertiary/aromatic N) is 1. The van der Waals surface area contributed by atoms with Gasteiger partial charge >= 0.3 is 5.97 Å². The molecule has 2 rings (SSSR count). The van der Waals surface area contributed by atoms with Crippen LogP contribution < -0.4 is 5.32 Å². The van der Waals surface area contributed by atoms with Gasteiger partial charge in [0.2, 0.25) is 0 Å². The largest absolute Gasteiger partial charge is 0.469 e. The molecule has 21 heavy (non-hydrogen) atoms. The van der Waals surface area contributed by atoms with E-state index >= 15 is 0 Å². The average molecular weight is 304 g/mol. The maximum absolute atomic E-state index is 11.4. The minimum absolute atomic E-state index is 0.0775. The number of thioether (sulfide) groups is 1. The van der Waals surface area contributed by atoms with E-state index < -0.39 is 0 Å². The van der Waals surface area contributed by atoms with E-state index in [-0.39, 0.29) is 11.4 Å². The smallest absolute Gasteiger partial charge is 0.306 e. The predicted molar refractivity (Wildman–Crippen MR) is 82.9 cm³/mol. The lowest BCUT2D eigenvalue weighted by molar-refractivity contribution is -0.141. The molecule has 1 aliphatic rings. The quantitative estimate of drug-likeness (QED) is 0.620. The molecule has 0 aliphatic heterocycles. The molecule has 5 heteroatoms. The molecule has 1 aromatic carbocycles. The van der Waals surface area contributed by atoms with Crippen molar-refractivity contribution in [3.8, 4) is 6.07 Å². The van der Waals surface area contributed by atoms with Gasteiger partial charge in [-0.05, 0) is 43.0 Å². The number of esters is 1. The van der Waals surface area contributed by atoms with Gasteiger partial charge in [0.05, 0.1) is 19.1 Å². The zero-order chi connectivity index (χ0) is 15.3. The molecule has 1 aromatic rings. The summed E-state index contributed by atoms with van der Waals surface area (Å²) in [5.41, 5.74) is 1.89. The van der Waals surface area contributed by atoms with Crippen LogP contribution in [0.15, 0.2) is 23.1 Å². The molecule has 1 N–H and O–H groups in total. The Morgan fingerprint density at radius 2 is 2.29 bits per heavy atom. The Morgan fingerprint density at radius 3 is 2.86 bits per heavy atom. The second kappa shape index (κ2) is 6.97. The summed E-state index contributed by atoms with van der Waals surface area (Å²) in [6.45, 7) is 0.756. The van der Waals surface area contributed by atoms with Crippen LogP contribution in [0.5, 0.6) is 0 Å². The fourth-order valence-corrected chi connectivity index (χ4v) is 3.54. The fraction of sp³-hybridized carbons (Fsp3) is 0.500. The number of ether oxygens (including phenoxy) is 1. The van der Waals surface area contributed by atoms with E-state index in [1.165, 1.54) is 7.11 Å². The summed E-state index contributed by atoms with van der Waals surface area (Å²) >= 11 is 1.67. The zero-order valence-corrected chi connectivity index (χ0v) is 13.3. The van der Waals surface area contributed by atoms with E-state index in [9.17, 15) is 10.1 Å². The molecule has 0 bridgehead atoms. The van der Waals surface area contributed by atoms with Gasteiger partial charge in [-0.1, -0.05) is 6.07 Å². The molecule has 1 aliphatic carbocycles.